The molecule has 0 amide bonds. The number of anilines is 1. The maximum atomic E-state index is 11.8. The number of benzene rings is 1. The molecule has 2 saturated heterocycles. The Bertz CT molecular complexity index is 710. The van der Waals surface area contributed by atoms with E-state index in [1.807, 2.05) is 12.1 Å². The summed E-state index contributed by atoms with van der Waals surface area (Å²) in [6.07, 6.45) is 5.74. The Kier molecular flexibility index (Phi) is 2.56. The molecule has 5 nitrogen and oxygen atoms in total. The number of hydrogen-bond acceptors (Lipinski definition) is 4. The van der Waals surface area contributed by atoms with E-state index in [1.165, 1.54) is 12.0 Å². The number of carbonyl (C=O) groups excluding carboxylic acids is 1. The standard InChI is InChI=1S/C18H21N3O2/c19-17-18(8-4-1-5-9-18)21-14(16(22)23)10-12-11-6-2-3-7-13(11)20(17)15(12)21/h2-3,6-7,12,14-15,19H,1,4-5,8-10H2,(H,22,23)/p-1/t12-,14-,15-/m0/s1. The number of rotatable bonds is 1. The molecule has 4 aliphatic rings. The van der Waals surface area contributed by atoms with Crippen LogP contribution in [-0.4, -0.2) is 34.5 Å². The van der Waals surface area contributed by atoms with Gasteiger partial charge in [-0.05, 0) is 30.9 Å². The Hall–Kier alpha value is -1.88. The molecule has 0 bridgehead atoms. The minimum Gasteiger partial charge on any atom is -0.548 e. The number of fused-ring (bicyclic) bond motifs is 4. The molecule has 3 aliphatic heterocycles. The molecule has 0 unspecified atom stereocenters. The highest BCUT2D eigenvalue weighted by atomic mass is 16.4. The number of carboxylic acid groups (broad SMARTS) is 1. The fourth-order valence-corrected chi connectivity index (χ4v) is 5.60. The minimum atomic E-state index is -0.975. The summed E-state index contributed by atoms with van der Waals surface area (Å²) >= 11 is 0. The molecule has 23 heavy (non-hydrogen) atoms. The van der Waals surface area contributed by atoms with Crippen molar-refractivity contribution in [2.24, 2.45) is 0 Å². The fourth-order valence-electron chi connectivity index (χ4n) is 5.60. The quantitative estimate of drug-likeness (QED) is 0.852. The zero-order valence-electron chi connectivity index (χ0n) is 13.0. The van der Waals surface area contributed by atoms with Crippen LogP contribution in [0.25, 0.3) is 0 Å². The van der Waals surface area contributed by atoms with Crippen LogP contribution in [0.1, 0.15) is 50.0 Å². The van der Waals surface area contributed by atoms with Crippen molar-refractivity contribution in [2.45, 2.75) is 62.2 Å². The van der Waals surface area contributed by atoms with Crippen molar-refractivity contribution in [3.63, 3.8) is 0 Å². The Morgan fingerprint density at radius 1 is 1.22 bits per heavy atom. The van der Waals surface area contributed by atoms with Gasteiger partial charge in [-0.3, -0.25) is 10.3 Å². The molecule has 1 spiro atoms. The van der Waals surface area contributed by atoms with Crippen LogP contribution in [-0.2, 0) is 4.79 Å². The Morgan fingerprint density at radius 2 is 1.96 bits per heavy atom. The van der Waals surface area contributed by atoms with E-state index in [1.54, 1.807) is 0 Å². The van der Waals surface area contributed by atoms with Crippen molar-refractivity contribution >= 4 is 17.5 Å². The zero-order valence-corrected chi connectivity index (χ0v) is 13.0. The van der Waals surface area contributed by atoms with Crippen molar-refractivity contribution in [3.05, 3.63) is 29.8 Å². The SMILES string of the molecule is N=C1N2c3ccccc3[C@@H]3C[C@@H](C(=O)[O-])N([C@@H]32)C12CCCCC2. The Morgan fingerprint density at radius 3 is 2.70 bits per heavy atom. The third kappa shape index (κ3) is 1.47. The van der Waals surface area contributed by atoms with E-state index in [9.17, 15) is 9.90 Å². The van der Waals surface area contributed by atoms with Crippen LogP contribution in [0.5, 0.6) is 0 Å². The van der Waals surface area contributed by atoms with Crippen molar-refractivity contribution in [3.8, 4) is 0 Å². The van der Waals surface area contributed by atoms with Gasteiger partial charge in [-0.15, -0.1) is 0 Å². The topological polar surface area (TPSA) is 70.5 Å². The van der Waals surface area contributed by atoms with Gasteiger partial charge in [0.15, 0.2) is 0 Å². The Balaban J connectivity index is 1.70. The first-order valence-electron chi connectivity index (χ1n) is 8.62. The van der Waals surface area contributed by atoms with E-state index < -0.39 is 17.6 Å². The largest absolute Gasteiger partial charge is 0.548 e. The maximum absolute atomic E-state index is 11.8. The molecular weight excluding hydrogens is 290 g/mol. The predicted molar refractivity (Wildman–Crippen MR) is 84.2 cm³/mol. The molecule has 1 aromatic rings. The van der Waals surface area contributed by atoms with Crippen LogP contribution in [0.15, 0.2) is 24.3 Å². The molecule has 5 heteroatoms. The van der Waals surface area contributed by atoms with Crippen molar-refractivity contribution in [1.82, 2.24) is 4.90 Å². The zero-order chi connectivity index (χ0) is 15.8. The summed E-state index contributed by atoms with van der Waals surface area (Å²) in [5, 5.41) is 20.7. The van der Waals surface area contributed by atoms with Gasteiger partial charge in [-0.25, -0.2) is 0 Å². The molecule has 1 N–H and O–H groups in total. The van der Waals surface area contributed by atoms with Gasteiger partial charge in [0.25, 0.3) is 0 Å². The summed E-state index contributed by atoms with van der Waals surface area (Å²) in [7, 11) is 0. The van der Waals surface area contributed by atoms with E-state index in [0.29, 0.717) is 12.3 Å². The lowest BCUT2D eigenvalue weighted by atomic mass is 9.79. The molecule has 3 fully saturated rings. The first kappa shape index (κ1) is 13.5. The van der Waals surface area contributed by atoms with E-state index in [-0.39, 0.29) is 12.1 Å². The van der Waals surface area contributed by atoms with Crippen molar-refractivity contribution in [1.29, 1.82) is 5.41 Å². The van der Waals surface area contributed by atoms with E-state index in [0.717, 1.165) is 31.4 Å². The summed E-state index contributed by atoms with van der Waals surface area (Å²) in [5.74, 6) is -0.185. The molecule has 3 atom stereocenters. The lowest BCUT2D eigenvalue weighted by Crippen LogP contribution is -2.57. The number of para-hydroxylation sites is 1. The first-order valence-corrected chi connectivity index (χ1v) is 8.62. The lowest BCUT2D eigenvalue weighted by molar-refractivity contribution is -0.312. The van der Waals surface area contributed by atoms with E-state index >= 15 is 0 Å². The van der Waals surface area contributed by atoms with Crippen LogP contribution in [0, 0.1) is 5.41 Å². The van der Waals surface area contributed by atoms with Crippen LogP contribution in [0.3, 0.4) is 0 Å². The van der Waals surface area contributed by atoms with Crippen LogP contribution >= 0.6 is 0 Å². The summed E-state index contributed by atoms with van der Waals surface area (Å²) < 4.78 is 0. The fraction of sp³-hybridized carbons (Fsp3) is 0.556. The van der Waals surface area contributed by atoms with E-state index in [4.69, 9.17) is 5.41 Å². The second-order valence-electron chi connectivity index (χ2n) is 7.37. The second kappa shape index (κ2) is 4.35. The average Bonchev–Trinajstić information content (AvgIpc) is 3.16. The number of nitrogens with zero attached hydrogens (tertiary/aromatic N) is 2. The highest BCUT2D eigenvalue weighted by Gasteiger charge is 2.65. The third-order valence-electron chi connectivity index (χ3n) is 6.45. The van der Waals surface area contributed by atoms with Gasteiger partial charge in [0, 0.05) is 11.6 Å². The minimum absolute atomic E-state index is 0.000833. The van der Waals surface area contributed by atoms with Crippen LogP contribution in [0.4, 0.5) is 5.69 Å². The normalized spacial score (nSPS) is 34.0. The first-order chi connectivity index (χ1) is 11.1. The number of hydrogen-bond donors (Lipinski definition) is 1. The molecular formula is C18H20N3O2-. The van der Waals surface area contributed by atoms with Gasteiger partial charge in [-0.1, -0.05) is 37.5 Å². The lowest BCUT2D eigenvalue weighted by Gasteiger charge is -2.43. The number of carbonyl (C=O) groups is 1. The molecule has 5 rings (SSSR count). The predicted octanol–water partition coefficient (Wildman–Crippen LogP) is 1.43. The van der Waals surface area contributed by atoms with Gasteiger partial charge in [0.05, 0.1) is 23.7 Å². The molecule has 1 saturated carbocycles. The molecule has 0 aromatic heterocycles. The van der Waals surface area contributed by atoms with Crippen LogP contribution < -0.4 is 10.0 Å². The monoisotopic (exact) mass is 310 g/mol. The highest BCUT2D eigenvalue weighted by molar-refractivity contribution is 6.08. The molecule has 120 valence electrons. The molecule has 1 aliphatic carbocycles. The summed E-state index contributed by atoms with van der Waals surface area (Å²) in [5.41, 5.74) is 1.91. The summed E-state index contributed by atoms with van der Waals surface area (Å²) in [6, 6.07) is 7.63. The maximum Gasteiger partial charge on any atom is 0.123 e. The molecule has 1 aromatic carbocycles. The highest BCUT2D eigenvalue weighted by Crippen LogP contribution is 2.59. The molecule has 0 radical (unpaired) electrons. The summed E-state index contributed by atoms with van der Waals surface area (Å²) in [6.45, 7) is 0. The van der Waals surface area contributed by atoms with Crippen molar-refractivity contribution in [2.75, 3.05) is 4.90 Å². The smallest absolute Gasteiger partial charge is 0.123 e. The van der Waals surface area contributed by atoms with Crippen LogP contribution in [0.2, 0.25) is 0 Å². The second-order valence-corrected chi connectivity index (χ2v) is 7.37. The van der Waals surface area contributed by atoms with Gasteiger partial charge in [0.2, 0.25) is 0 Å². The number of nitrogens with one attached hydrogen (secondary N) is 1. The third-order valence-corrected chi connectivity index (χ3v) is 6.45. The number of carboxylic acids is 1. The average molecular weight is 310 g/mol. The van der Waals surface area contributed by atoms with Crippen molar-refractivity contribution < 1.29 is 9.90 Å². The van der Waals surface area contributed by atoms with Gasteiger partial charge in [-0.2, -0.15) is 0 Å². The number of amidine groups is 1. The van der Waals surface area contributed by atoms with Gasteiger partial charge in [0.1, 0.15) is 5.84 Å². The summed E-state index contributed by atoms with van der Waals surface area (Å²) in [4.78, 5) is 16.1. The number of aliphatic carboxylic acids is 1. The Labute approximate surface area is 135 Å². The van der Waals surface area contributed by atoms with Gasteiger partial charge < -0.3 is 14.8 Å². The molecule has 3 heterocycles. The van der Waals surface area contributed by atoms with Gasteiger partial charge >= 0.3 is 0 Å². The van der Waals surface area contributed by atoms with E-state index in [2.05, 4.69) is 21.9 Å².